The van der Waals surface area contributed by atoms with Crippen molar-refractivity contribution in [1.29, 1.82) is 0 Å². The fraction of sp³-hybridized carbons (Fsp3) is 0.150. The molecule has 7 nitrogen and oxygen atoms in total. The number of oxazole rings is 1. The van der Waals surface area contributed by atoms with Crippen LogP contribution in [0.2, 0.25) is 0 Å². The number of nitrogens with one attached hydrogen (secondary N) is 3. The zero-order chi connectivity index (χ0) is 18.8. The number of anilines is 3. The van der Waals surface area contributed by atoms with Gasteiger partial charge >= 0.3 is 0 Å². The van der Waals surface area contributed by atoms with Gasteiger partial charge < -0.3 is 20.4 Å². The van der Waals surface area contributed by atoms with Gasteiger partial charge in [-0.2, -0.15) is 0 Å². The zero-order valence-electron chi connectivity index (χ0n) is 14.7. The van der Waals surface area contributed by atoms with Crippen LogP contribution in [0.5, 0.6) is 0 Å². The number of amides is 2. The second-order valence-corrected chi connectivity index (χ2v) is 6.43. The maximum atomic E-state index is 12.9. The Morgan fingerprint density at radius 3 is 2.93 bits per heavy atom. The molecule has 1 aromatic heterocycles. The standard InChI is InChI=1S/C20H18N4O3/c1-12-8-18(25)24-16-7-3-6-15(19(16)22-12)20(26)23-14-5-2-4-13(9-14)17-10-21-11-27-17/h2-7,9-12,22H,8H2,1H3,(H,23,26)(H,24,25)/t12-/m1/s1. The lowest BCUT2D eigenvalue weighted by Crippen LogP contribution is -2.20. The topological polar surface area (TPSA) is 96.3 Å². The van der Waals surface area contributed by atoms with Crippen molar-refractivity contribution in [3.05, 3.63) is 60.6 Å². The van der Waals surface area contributed by atoms with E-state index in [9.17, 15) is 9.59 Å². The largest absolute Gasteiger partial charge is 0.444 e. The number of nitrogens with zero attached hydrogens (tertiary/aromatic N) is 1. The number of aromatic nitrogens is 1. The Bertz CT molecular complexity index is 998. The summed E-state index contributed by atoms with van der Waals surface area (Å²) in [5.41, 5.74) is 3.15. The molecule has 27 heavy (non-hydrogen) atoms. The van der Waals surface area contributed by atoms with E-state index in [1.807, 2.05) is 25.1 Å². The first kappa shape index (κ1) is 16.8. The maximum absolute atomic E-state index is 12.9. The van der Waals surface area contributed by atoms with E-state index < -0.39 is 0 Å². The van der Waals surface area contributed by atoms with Gasteiger partial charge in [0.2, 0.25) is 5.91 Å². The molecule has 2 heterocycles. The Morgan fingerprint density at radius 1 is 1.26 bits per heavy atom. The molecule has 1 aliphatic rings. The second kappa shape index (κ2) is 6.95. The summed E-state index contributed by atoms with van der Waals surface area (Å²) in [7, 11) is 0. The third-order valence-electron chi connectivity index (χ3n) is 4.30. The third kappa shape index (κ3) is 3.52. The lowest BCUT2D eigenvalue weighted by Gasteiger charge is -2.16. The van der Waals surface area contributed by atoms with Crippen LogP contribution < -0.4 is 16.0 Å². The van der Waals surface area contributed by atoms with Crippen molar-refractivity contribution < 1.29 is 14.0 Å². The van der Waals surface area contributed by atoms with Gasteiger partial charge in [0.15, 0.2) is 12.2 Å². The van der Waals surface area contributed by atoms with Crippen molar-refractivity contribution >= 4 is 28.9 Å². The highest BCUT2D eigenvalue weighted by atomic mass is 16.3. The molecule has 0 saturated heterocycles. The Balaban J connectivity index is 1.62. The summed E-state index contributed by atoms with van der Waals surface area (Å²) in [6, 6.07) is 12.5. The Kier molecular flexibility index (Phi) is 4.33. The molecule has 7 heteroatoms. The summed E-state index contributed by atoms with van der Waals surface area (Å²) < 4.78 is 5.30. The number of para-hydroxylation sites is 1. The van der Waals surface area contributed by atoms with Crippen LogP contribution in [-0.2, 0) is 4.79 Å². The summed E-state index contributed by atoms with van der Waals surface area (Å²) in [6.07, 6.45) is 3.32. The Labute approximate surface area is 155 Å². The molecule has 1 aliphatic heterocycles. The zero-order valence-corrected chi connectivity index (χ0v) is 14.7. The van der Waals surface area contributed by atoms with Crippen LogP contribution in [0.3, 0.4) is 0 Å². The van der Waals surface area contributed by atoms with E-state index in [0.29, 0.717) is 34.8 Å². The highest BCUT2D eigenvalue weighted by Crippen LogP contribution is 2.31. The number of carbonyl (C=O) groups is 2. The van der Waals surface area contributed by atoms with E-state index in [2.05, 4.69) is 20.9 Å². The van der Waals surface area contributed by atoms with Crippen LogP contribution in [0.4, 0.5) is 17.1 Å². The molecule has 3 aromatic rings. The molecule has 1 atom stereocenters. The molecular weight excluding hydrogens is 344 g/mol. The van der Waals surface area contributed by atoms with Crippen molar-refractivity contribution in [2.45, 2.75) is 19.4 Å². The SMILES string of the molecule is C[C@@H]1CC(=O)Nc2cccc(C(=O)Nc3cccc(-c4cnco4)c3)c2N1. The van der Waals surface area contributed by atoms with E-state index >= 15 is 0 Å². The van der Waals surface area contributed by atoms with Crippen LogP contribution in [-0.4, -0.2) is 22.8 Å². The molecule has 2 amide bonds. The monoisotopic (exact) mass is 362 g/mol. The van der Waals surface area contributed by atoms with Crippen molar-refractivity contribution in [1.82, 2.24) is 4.98 Å². The Morgan fingerprint density at radius 2 is 2.11 bits per heavy atom. The number of benzene rings is 2. The van der Waals surface area contributed by atoms with E-state index in [1.54, 1.807) is 30.5 Å². The third-order valence-corrected chi connectivity index (χ3v) is 4.30. The molecular formula is C20H18N4O3. The smallest absolute Gasteiger partial charge is 0.257 e. The average Bonchev–Trinajstić information content (AvgIpc) is 3.13. The van der Waals surface area contributed by atoms with E-state index in [0.717, 1.165) is 5.56 Å². The van der Waals surface area contributed by atoms with Gasteiger partial charge in [0.1, 0.15) is 0 Å². The lowest BCUT2D eigenvalue weighted by molar-refractivity contribution is -0.116. The maximum Gasteiger partial charge on any atom is 0.257 e. The minimum absolute atomic E-state index is 0.0741. The molecule has 0 fully saturated rings. The molecule has 0 unspecified atom stereocenters. The van der Waals surface area contributed by atoms with Gasteiger partial charge in [-0.3, -0.25) is 9.59 Å². The number of hydrogen-bond donors (Lipinski definition) is 3. The van der Waals surface area contributed by atoms with E-state index in [4.69, 9.17) is 4.42 Å². The highest BCUT2D eigenvalue weighted by molar-refractivity contribution is 6.11. The van der Waals surface area contributed by atoms with E-state index in [-0.39, 0.29) is 17.9 Å². The van der Waals surface area contributed by atoms with Gasteiger partial charge in [-0.15, -0.1) is 0 Å². The van der Waals surface area contributed by atoms with Crippen molar-refractivity contribution in [2.24, 2.45) is 0 Å². The van der Waals surface area contributed by atoms with Gasteiger partial charge in [0.05, 0.1) is 23.1 Å². The van der Waals surface area contributed by atoms with Gasteiger partial charge in [0.25, 0.3) is 5.91 Å². The summed E-state index contributed by atoms with van der Waals surface area (Å²) in [5, 5.41) is 9.00. The van der Waals surface area contributed by atoms with Crippen molar-refractivity contribution in [2.75, 3.05) is 16.0 Å². The van der Waals surface area contributed by atoms with Gasteiger partial charge in [-0.1, -0.05) is 18.2 Å². The van der Waals surface area contributed by atoms with Crippen molar-refractivity contribution in [3.8, 4) is 11.3 Å². The predicted molar refractivity (Wildman–Crippen MR) is 103 cm³/mol. The molecule has 0 bridgehead atoms. The van der Waals surface area contributed by atoms with Crippen LogP contribution in [0.25, 0.3) is 11.3 Å². The summed E-state index contributed by atoms with van der Waals surface area (Å²) >= 11 is 0. The van der Waals surface area contributed by atoms with E-state index in [1.165, 1.54) is 6.39 Å². The fourth-order valence-electron chi connectivity index (χ4n) is 3.08. The quantitative estimate of drug-likeness (QED) is 0.660. The number of carbonyl (C=O) groups excluding carboxylic acids is 2. The lowest BCUT2D eigenvalue weighted by atomic mass is 10.1. The molecule has 0 spiro atoms. The summed E-state index contributed by atoms with van der Waals surface area (Å²) in [6.45, 7) is 1.91. The number of fused-ring (bicyclic) bond motifs is 1. The minimum Gasteiger partial charge on any atom is -0.444 e. The average molecular weight is 362 g/mol. The molecule has 136 valence electrons. The van der Waals surface area contributed by atoms with Crippen molar-refractivity contribution in [3.63, 3.8) is 0 Å². The molecule has 0 aliphatic carbocycles. The summed E-state index contributed by atoms with van der Waals surface area (Å²) in [5.74, 6) is 0.279. The first-order chi connectivity index (χ1) is 13.1. The summed E-state index contributed by atoms with van der Waals surface area (Å²) in [4.78, 5) is 28.7. The predicted octanol–water partition coefficient (Wildman–Crippen LogP) is 3.74. The van der Waals surface area contributed by atoms with Crippen LogP contribution >= 0.6 is 0 Å². The van der Waals surface area contributed by atoms with Gasteiger partial charge in [0, 0.05) is 23.7 Å². The molecule has 0 saturated carbocycles. The molecule has 0 radical (unpaired) electrons. The number of rotatable bonds is 3. The number of hydrogen-bond acceptors (Lipinski definition) is 5. The van der Waals surface area contributed by atoms with Crippen LogP contribution in [0.15, 0.2) is 59.5 Å². The first-order valence-electron chi connectivity index (χ1n) is 8.60. The van der Waals surface area contributed by atoms with Crippen LogP contribution in [0, 0.1) is 0 Å². The molecule has 2 aromatic carbocycles. The second-order valence-electron chi connectivity index (χ2n) is 6.43. The highest BCUT2D eigenvalue weighted by Gasteiger charge is 2.22. The molecule has 4 rings (SSSR count). The first-order valence-corrected chi connectivity index (χ1v) is 8.60. The van der Waals surface area contributed by atoms with Gasteiger partial charge in [-0.05, 0) is 31.2 Å². The minimum atomic E-state index is -0.266. The normalized spacial score (nSPS) is 15.9. The van der Waals surface area contributed by atoms with Gasteiger partial charge in [-0.25, -0.2) is 4.98 Å². The van der Waals surface area contributed by atoms with Crippen LogP contribution in [0.1, 0.15) is 23.7 Å². The fourth-order valence-corrected chi connectivity index (χ4v) is 3.08. The molecule has 3 N–H and O–H groups in total. The Hall–Kier alpha value is -3.61.